The van der Waals surface area contributed by atoms with E-state index in [0.29, 0.717) is 0 Å². The summed E-state index contributed by atoms with van der Waals surface area (Å²) in [7, 11) is 1.78. The average Bonchev–Trinajstić information content (AvgIpc) is 2.09. The van der Waals surface area contributed by atoms with Crippen LogP contribution in [-0.4, -0.2) is 13.3 Å². The van der Waals surface area contributed by atoms with Crippen LogP contribution in [-0.2, 0) is 0 Å². The molecule has 0 amide bonds. The van der Waals surface area contributed by atoms with Crippen molar-refractivity contribution in [1.29, 1.82) is 0 Å². The van der Waals surface area contributed by atoms with E-state index in [0.717, 1.165) is 5.56 Å². The van der Waals surface area contributed by atoms with Crippen molar-refractivity contribution in [3.63, 3.8) is 0 Å². The smallest absolute Gasteiger partial charge is 0.0287 e. The highest BCUT2D eigenvalue weighted by Gasteiger charge is 1.92. The largest absolute Gasteiger partial charge is 0.296 e. The summed E-state index contributed by atoms with van der Waals surface area (Å²) in [5, 5.41) is 0. The Kier molecular flexibility index (Phi) is 3.27. The van der Waals surface area contributed by atoms with Gasteiger partial charge in [-0.25, -0.2) is 0 Å². The lowest BCUT2D eigenvalue weighted by molar-refractivity contribution is 1.46. The second-order valence-corrected chi connectivity index (χ2v) is 2.52. The summed E-state index contributed by atoms with van der Waals surface area (Å²) >= 11 is 0. The Morgan fingerprint density at radius 2 is 1.83 bits per heavy atom. The molecule has 0 aliphatic heterocycles. The molecular formula is C11H13N. The third-order valence-electron chi connectivity index (χ3n) is 1.61. The van der Waals surface area contributed by atoms with Gasteiger partial charge in [-0.2, -0.15) is 0 Å². The Labute approximate surface area is 73.5 Å². The Morgan fingerprint density at radius 1 is 1.17 bits per heavy atom. The first-order chi connectivity index (χ1) is 5.88. The van der Waals surface area contributed by atoms with Crippen LogP contribution in [0.2, 0.25) is 0 Å². The van der Waals surface area contributed by atoms with Crippen LogP contribution in [0.1, 0.15) is 18.1 Å². The second-order valence-electron chi connectivity index (χ2n) is 2.52. The van der Waals surface area contributed by atoms with Crippen molar-refractivity contribution in [3.05, 3.63) is 41.5 Å². The maximum atomic E-state index is 3.99. The Hall–Kier alpha value is -1.37. The monoisotopic (exact) mass is 159 g/mol. The average molecular weight is 159 g/mol. The van der Waals surface area contributed by atoms with E-state index >= 15 is 0 Å². The Morgan fingerprint density at radius 3 is 2.42 bits per heavy atom. The topological polar surface area (TPSA) is 12.4 Å². The zero-order chi connectivity index (χ0) is 8.81. The van der Waals surface area contributed by atoms with Crippen molar-refractivity contribution in [2.24, 2.45) is 4.99 Å². The molecule has 0 atom stereocenters. The molecule has 0 radical (unpaired) electrons. The van der Waals surface area contributed by atoms with Gasteiger partial charge in [-0.1, -0.05) is 36.4 Å². The molecule has 0 heterocycles. The first-order valence-electron chi connectivity index (χ1n) is 4.02. The van der Waals surface area contributed by atoms with E-state index in [1.807, 2.05) is 31.3 Å². The van der Waals surface area contributed by atoms with Gasteiger partial charge in [-0.15, -0.1) is 0 Å². The number of benzene rings is 1. The molecule has 0 aromatic heterocycles. The van der Waals surface area contributed by atoms with Crippen molar-refractivity contribution >= 4 is 12.3 Å². The first kappa shape index (κ1) is 8.72. The Balaban J connectivity index is 3.08. The maximum Gasteiger partial charge on any atom is 0.0287 e. The minimum absolute atomic E-state index is 1.16. The summed E-state index contributed by atoms with van der Waals surface area (Å²) in [6.07, 6.45) is 5.98. The minimum Gasteiger partial charge on any atom is -0.296 e. The lowest BCUT2D eigenvalue weighted by Gasteiger charge is -1.97. The minimum atomic E-state index is 1.16. The highest BCUT2D eigenvalue weighted by molar-refractivity contribution is 5.85. The van der Waals surface area contributed by atoms with Crippen LogP contribution in [0.15, 0.2) is 35.3 Å². The van der Waals surface area contributed by atoms with Gasteiger partial charge in [0.15, 0.2) is 0 Å². The highest BCUT2D eigenvalue weighted by atomic mass is 14.6. The van der Waals surface area contributed by atoms with Crippen LogP contribution in [0.3, 0.4) is 0 Å². The van der Waals surface area contributed by atoms with E-state index in [1.165, 1.54) is 5.56 Å². The number of hydrogen-bond acceptors (Lipinski definition) is 1. The SMILES string of the molecule is C/C=C\c1ccccc1C=NC. The van der Waals surface area contributed by atoms with Crippen LogP contribution >= 0.6 is 0 Å². The Bertz CT molecular complexity index is 267. The van der Waals surface area contributed by atoms with Gasteiger partial charge in [-0.05, 0) is 18.1 Å². The molecule has 1 rings (SSSR count). The molecular weight excluding hydrogens is 146 g/mol. The fourth-order valence-electron chi connectivity index (χ4n) is 1.10. The van der Waals surface area contributed by atoms with Crippen LogP contribution in [0.4, 0.5) is 0 Å². The molecule has 12 heavy (non-hydrogen) atoms. The maximum absolute atomic E-state index is 3.99. The van der Waals surface area contributed by atoms with Crippen LogP contribution in [0, 0.1) is 0 Å². The summed E-state index contributed by atoms with van der Waals surface area (Å²) in [6, 6.07) is 8.19. The van der Waals surface area contributed by atoms with E-state index in [4.69, 9.17) is 0 Å². The quantitative estimate of drug-likeness (QED) is 0.588. The molecule has 1 aromatic rings. The van der Waals surface area contributed by atoms with Crippen molar-refractivity contribution in [2.75, 3.05) is 7.05 Å². The number of nitrogens with zero attached hydrogens (tertiary/aromatic N) is 1. The normalized spacial score (nSPS) is 11.5. The van der Waals surface area contributed by atoms with Crippen LogP contribution in [0.25, 0.3) is 6.08 Å². The molecule has 0 fully saturated rings. The van der Waals surface area contributed by atoms with E-state index in [9.17, 15) is 0 Å². The third-order valence-corrected chi connectivity index (χ3v) is 1.61. The molecule has 0 N–H and O–H groups in total. The molecule has 0 aliphatic carbocycles. The second kappa shape index (κ2) is 4.50. The fourth-order valence-corrected chi connectivity index (χ4v) is 1.10. The van der Waals surface area contributed by atoms with Gasteiger partial charge in [0, 0.05) is 13.3 Å². The van der Waals surface area contributed by atoms with E-state index in [1.54, 1.807) is 7.05 Å². The van der Waals surface area contributed by atoms with E-state index < -0.39 is 0 Å². The number of hydrogen-bond donors (Lipinski definition) is 0. The standard InChI is InChI=1S/C11H13N/c1-3-6-10-7-4-5-8-11(10)9-12-2/h3-9H,1-2H3/b6-3-,12-9?. The fraction of sp³-hybridized carbons (Fsp3) is 0.182. The van der Waals surface area contributed by atoms with Crippen molar-refractivity contribution < 1.29 is 0 Å². The summed E-state index contributed by atoms with van der Waals surface area (Å²) in [5.41, 5.74) is 2.38. The van der Waals surface area contributed by atoms with Gasteiger partial charge in [0.1, 0.15) is 0 Å². The van der Waals surface area contributed by atoms with Gasteiger partial charge < -0.3 is 0 Å². The molecule has 0 saturated heterocycles. The third kappa shape index (κ3) is 2.06. The molecule has 0 spiro atoms. The predicted octanol–water partition coefficient (Wildman–Crippen LogP) is 2.77. The zero-order valence-corrected chi connectivity index (χ0v) is 7.49. The van der Waals surface area contributed by atoms with Crippen LogP contribution in [0.5, 0.6) is 0 Å². The molecule has 1 nitrogen and oxygen atoms in total. The molecule has 0 bridgehead atoms. The number of aliphatic imine (C=N–C) groups is 1. The summed E-state index contributed by atoms with van der Waals surface area (Å²) in [5.74, 6) is 0. The molecule has 1 heteroatoms. The van der Waals surface area contributed by atoms with Crippen molar-refractivity contribution in [2.45, 2.75) is 6.92 Å². The molecule has 0 unspecified atom stereocenters. The molecule has 0 aliphatic rings. The van der Waals surface area contributed by atoms with Crippen LogP contribution < -0.4 is 0 Å². The number of rotatable bonds is 2. The van der Waals surface area contributed by atoms with E-state index in [-0.39, 0.29) is 0 Å². The highest BCUT2D eigenvalue weighted by Crippen LogP contribution is 2.07. The zero-order valence-electron chi connectivity index (χ0n) is 7.49. The lowest BCUT2D eigenvalue weighted by atomic mass is 10.1. The van der Waals surface area contributed by atoms with Gasteiger partial charge >= 0.3 is 0 Å². The van der Waals surface area contributed by atoms with Crippen molar-refractivity contribution in [3.8, 4) is 0 Å². The van der Waals surface area contributed by atoms with Gasteiger partial charge in [0.2, 0.25) is 0 Å². The van der Waals surface area contributed by atoms with Gasteiger partial charge in [0.25, 0.3) is 0 Å². The van der Waals surface area contributed by atoms with Gasteiger partial charge in [-0.3, -0.25) is 4.99 Å². The molecule has 0 saturated carbocycles. The van der Waals surface area contributed by atoms with Crippen molar-refractivity contribution in [1.82, 2.24) is 0 Å². The number of allylic oxidation sites excluding steroid dienone is 1. The summed E-state index contributed by atoms with van der Waals surface area (Å²) < 4.78 is 0. The summed E-state index contributed by atoms with van der Waals surface area (Å²) in [6.45, 7) is 2.01. The summed E-state index contributed by atoms with van der Waals surface area (Å²) in [4.78, 5) is 3.99. The van der Waals surface area contributed by atoms with Gasteiger partial charge in [0.05, 0.1) is 0 Å². The first-order valence-corrected chi connectivity index (χ1v) is 4.02. The molecule has 62 valence electrons. The lowest BCUT2D eigenvalue weighted by Crippen LogP contribution is -1.84. The van der Waals surface area contributed by atoms with E-state index in [2.05, 4.69) is 23.2 Å². The molecule has 1 aromatic carbocycles. The predicted molar refractivity (Wildman–Crippen MR) is 54.7 cm³/mol.